The van der Waals surface area contributed by atoms with Crippen molar-refractivity contribution in [2.45, 2.75) is 93.7 Å². The van der Waals surface area contributed by atoms with E-state index < -0.39 is 102 Å². The number of esters is 1. The molecular weight excluding hydrogens is 712 g/mol. The third kappa shape index (κ3) is 11.5. The predicted octanol–water partition coefficient (Wildman–Crippen LogP) is -4.93. The summed E-state index contributed by atoms with van der Waals surface area (Å²) in [4.78, 5) is 103. The molecular formula is C29H46N10O12S. The molecule has 290 valence electrons. The van der Waals surface area contributed by atoms with Crippen LogP contribution >= 0.6 is 11.8 Å². The molecule has 2 heterocycles. The Bertz CT molecular complexity index is 1460. The molecule has 0 saturated carbocycles. The lowest BCUT2D eigenvalue weighted by Crippen LogP contribution is -2.85. The summed E-state index contributed by atoms with van der Waals surface area (Å²) in [7, 11) is 0. The van der Waals surface area contributed by atoms with Crippen LogP contribution < -0.4 is 44.2 Å². The minimum atomic E-state index is -2.01. The van der Waals surface area contributed by atoms with E-state index in [1.807, 2.05) is 0 Å². The van der Waals surface area contributed by atoms with E-state index in [0.717, 1.165) is 16.7 Å². The average Bonchev–Trinajstić information content (AvgIpc) is 3.06. The number of β-lactam (4-membered cyclic amide) rings is 1. The molecule has 2 aliphatic heterocycles. The summed E-state index contributed by atoms with van der Waals surface area (Å²) in [6, 6.07) is -4.18. The fourth-order valence-electron chi connectivity index (χ4n) is 5.13. The molecule has 5 amide bonds. The van der Waals surface area contributed by atoms with Crippen LogP contribution in [0, 0.1) is 0 Å². The molecule has 2 rings (SSSR count). The summed E-state index contributed by atoms with van der Waals surface area (Å²) in [5.41, 5.74) is 19.1. The van der Waals surface area contributed by atoms with Crippen molar-refractivity contribution in [2.24, 2.45) is 27.9 Å². The number of nitrogens with one attached hydrogen (secondary N) is 4. The highest BCUT2D eigenvalue weighted by Crippen LogP contribution is 2.45. The number of rotatable bonds is 22. The van der Waals surface area contributed by atoms with Gasteiger partial charge in [-0.25, -0.2) is 4.79 Å². The third-order valence-electron chi connectivity index (χ3n) is 7.92. The van der Waals surface area contributed by atoms with Crippen LogP contribution in [0.2, 0.25) is 0 Å². The maximum Gasteiger partial charge on any atom is 0.352 e. The summed E-state index contributed by atoms with van der Waals surface area (Å²) in [5.74, 6) is -7.09. The van der Waals surface area contributed by atoms with Crippen LogP contribution in [0.1, 0.15) is 52.4 Å². The maximum atomic E-state index is 13.4. The molecule has 22 nitrogen and oxygen atoms in total. The number of amides is 5. The standard InChI is InChI=1S/C29H46N10O12S/c1-13(30)22(44)36-14(2)23(45)37-17(6-4-8-34-28(32)33)18(41)9-20(43)51-10-15-11-52-27-29(35-12-40,26(50)39(27)21(15)25(48)49)38-19(42)7-3-5-16(31)24(46)47/h12-14,16-18,27,41H,3-11,30-31H2,1-2H3,(H,35,40)(H,36,44)(H,37,45)(H,38,42)(H,46,47)(H,48,49)(H4,32,33,34)/t13-,14-,16+,17-,18+,27+,29+/m0/s1. The fraction of sp³-hybridized carbons (Fsp3) is 0.621. The normalized spacial score (nSPS) is 20.8. The van der Waals surface area contributed by atoms with Crippen LogP contribution in [0.15, 0.2) is 16.3 Å². The quantitative estimate of drug-likeness (QED) is 0.00937. The highest BCUT2D eigenvalue weighted by Gasteiger charge is 2.66. The number of guanidine groups is 1. The molecule has 0 bridgehead atoms. The molecule has 0 spiro atoms. The molecule has 0 aromatic rings. The zero-order valence-corrected chi connectivity index (χ0v) is 29.3. The first-order chi connectivity index (χ1) is 24.4. The van der Waals surface area contributed by atoms with Gasteiger partial charge < -0.3 is 64.3 Å². The molecule has 0 unspecified atom stereocenters. The number of hydrogen-bond acceptors (Lipinski definition) is 14. The molecule has 1 fully saturated rings. The SMILES string of the molecule is C[C@H](N)C(=O)N[C@@H](C)C(=O)N[C@@H](CCCN=C(N)N)[C@H](O)CC(=O)OCC1=C(C(=O)O)N2C(=O)[C@@](NC=O)(NC(=O)CCC[C@@H](N)C(=O)O)[C@H]2SC1. The number of aliphatic hydroxyl groups excluding tert-OH is 1. The zero-order chi connectivity index (χ0) is 39.3. The Labute approximate surface area is 301 Å². The Kier molecular flexibility index (Phi) is 16.2. The molecule has 1 saturated heterocycles. The Morgan fingerprint density at radius 3 is 2.33 bits per heavy atom. The van der Waals surface area contributed by atoms with Crippen molar-refractivity contribution in [3.63, 3.8) is 0 Å². The highest BCUT2D eigenvalue weighted by molar-refractivity contribution is 8.00. The van der Waals surface area contributed by atoms with E-state index >= 15 is 0 Å². The van der Waals surface area contributed by atoms with Gasteiger partial charge in [0.1, 0.15) is 29.8 Å². The van der Waals surface area contributed by atoms with Gasteiger partial charge in [0.2, 0.25) is 29.8 Å². The molecule has 0 radical (unpaired) electrons. The van der Waals surface area contributed by atoms with Gasteiger partial charge in [0.25, 0.3) is 5.91 Å². The number of carboxylic acid groups (broad SMARTS) is 2. The minimum absolute atomic E-state index is 0.000543. The van der Waals surface area contributed by atoms with Crippen LogP contribution in [-0.2, 0) is 43.1 Å². The first-order valence-electron chi connectivity index (χ1n) is 16.0. The van der Waals surface area contributed by atoms with Crippen molar-refractivity contribution < 1.29 is 58.4 Å². The Balaban J connectivity index is 2.13. The van der Waals surface area contributed by atoms with Crippen molar-refractivity contribution in [1.82, 2.24) is 26.2 Å². The number of nitrogens with zero attached hydrogens (tertiary/aromatic N) is 2. The van der Waals surface area contributed by atoms with Gasteiger partial charge in [-0.1, -0.05) is 0 Å². The number of carboxylic acids is 2. The summed E-state index contributed by atoms with van der Waals surface area (Å²) >= 11 is 0.962. The molecule has 15 N–H and O–H groups in total. The Morgan fingerprint density at radius 2 is 1.75 bits per heavy atom. The average molecular weight is 759 g/mol. The van der Waals surface area contributed by atoms with Crippen LogP contribution in [-0.4, -0.2) is 134 Å². The van der Waals surface area contributed by atoms with Crippen molar-refractivity contribution in [3.8, 4) is 0 Å². The van der Waals surface area contributed by atoms with E-state index in [9.17, 15) is 48.6 Å². The van der Waals surface area contributed by atoms with Crippen LogP contribution in [0.4, 0.5) is 0 Å². The molecule has 0 aliphatic carbocycles. The lowest BCUT2D eigenvalue weighted by Gasteiger charge is -2.56. The molecule has 52 heavy (non-hydrogen) atoms. The van der Waals surface area contributed by atoms with Crippen LogP contribution in [0.25, 0.3) is 0 Å². The van der Waals surface area contributed by atoms with Crippen molar-refractivity contribution in [3.05, 3.63) is 11.3 Å². The Hall–Kier alpha value is -5.00. The van der Waals surface area contributed by atoms with E-state index in [2.05, 4.69) is 26.3 Å². The second-order valence-corrected chi connectivity index (χ2v) is 13.1. The second kappa shape index (κ2) is 19.6. The van der Waals surface area contributed by atoms with Crippen LogP contribution in [0.3, 0.4) is 0 Å². The molecule has 23 heteroatoms. The number of carbonyl (C=O) groups excluding carboxylic acids is 6. The lowest BCUT2D eigenvalue weighted by molar-refractivity contribution is -0.162. The topological polar surface area (TPSA) is 374 Å². The summed E-state index contributed by atoms with van der Waals surface area (Å²) < 4.78 is 5.26. The summed E-state index contributed by atoms with van der Waals surface area (Å²) in [5, 5.41) is 38.4. The first-order valence-corrected chi connectivity index (χ1v) is 17.1. The number of aliphatic hydroxyl groups is 1. The fourth-order valence-corrected chi connectivity index (χ4v) is 6.54. The van der Waals surface area contributed by atoms with Crippen molar-refractivity contribution in [1.29, 1.82) is 0 Å². The monoisotopic (exact) mass is 758 g/mol. The second-order valence-electron chi connectivity index (χ2n) is 12.1. The number of nitrogens with two attached hydrogens (primary N) is 4. The molecule has 0 aromatic heterocycles. The van der Waals surface area contributed by atoms with Gasteiger partial charge in [0, 0.05) is 24.3 Å². The third-order valence-corrected chi connectivity index (χ3v) is 9.32. The predicted molar refractivity (Wildman–Crippen MR) is 182 cm³/mol. The largest absolute Gasteiger partial charge is 0.480 e. The van der Waals surface area contributed by atoms with Gasteiger partial charge >= 0.3 is 17.9 Å². The molecule has 7 atom stereocenters. The molecule has 0 aromatic carbocycles. The minimum Gasteiger partial charge on any atom is -0.480 e. The van der Waals surface area contributed by atoms with Gasteiger partial charge in [-0.3, -0.25) is 43.5 Å². The van der Waals surface area contributed by atoms with Crippen molar-refractivity contribution in [2.75, 3.05) is 18.9 Å². The van der Waals surface area contributed by atoms with E-state index in [1.165, 1.54) is 13.8 Å². The smallest absolute Gasteiger partial charge is 0.352 e. The number of carbonyl (C=O) groups is 8. The van der Waals surface area contributed by atoms with Gasteiger partial charge in [-0.05, 0) is 39.5 Å². The zero-order valence-electron chi connectivity index (χ0n) is 28.5. The number of aliphatic imine (C=N–C) groups is 1. The van der Waals surface area contributed by atoms with E-state index in [-0.39, 0.29) is 62.3 Å². The lowest BCUT2D eigenvalue weighted by atomic mass is 9.94. The van der Waals surface area contributed by atoms with E-state index in [4.69, 9.17) is 32.8 Å². The number of ether oxygens (including phenoxy) is 1. The van der Waals surface area contributed by atoms with Gasteiger partial charge in [0.05, 0.1) is 24.6 Å². The number of aliphatic carboxylic acids is 2. The van der Waals surface area contributed by atoms with Crippen molar-refractivity contribution >= 4 is 65.7 Å². The number of fused-ring (bicyclic) bond motifs is 1. The first kappa shape index (κ1) is 43.2. The maximum absolute atomic E-state index is 13.4. The molecule has 2 aliphatic rings. The van der Waals surface area contributed by atoms with Gasteiger partial charge in [0.15, 0.2) is 5.96 Å². The summed E-state index contributed by atoms with van der Waals surface area (Å²) in [6.07, 6.45) is -1.87. The Morgan fingerprint density at radius 1 is 1.08 bits per heavy atom. The number of hydrogen-bond donors (Lipinski definition) is 11. The number of thioether (sulfide) groups is 1. The summed E-state index contributed by atoms with van der Waals surface area (Å²) in [6.45, 7) is 2.35. The van der Waals surface area contributed by atoms with Gasteiger partial charge in [-0.2, -0.15) is 0 Å². The van der Waals surface area contributed by atoms with Gasteiger partial charge in [-0.15, -0.1) is 11.8 Å². The van der Waals surface area contributed by atoms with E-state index in [0.29, 0.717) is 0 Å². The highest BCUT2D eigenvalue weighted by atomic mass is 32.2. The van der Waals surface area contributed by atoms with E-state index in [1.54, 1.807) is 0 Å². The van der Waals surface area contributed by atoms with Crippen LogP contribution in [0.5, 0.6) is 0 Å².